The molecular formula is C16H11N2. The average molecular weight is 231 g/mol. The van der Waals surface area contributed by atoms with E-state index in [0.717, 1.165) is 22.3 Å². The number of hydrogen-bond acceptors (Lipinski definition) is 2. The SMILES string of the molecule is [c]1nncc(-c2ccccc2)c1-c1ccccc1. The van der Waals surface area contributed by atoms with E-state index in [1.807, 2.05) is 36.4 Å². The van der Waals surface area contributed by atoms with Crippen molar-refractivity contribution in [3.63, 3.8) is 0 Å². The van der Waals surface area contributed by atoms with Crippen molar-refractivity contribution in [2.24, 2.45) is 0 Å². The molecule has 0 saturated carbocycles. The first-order valence-corrected chi connectivity index (χ1v) is 5.79. The van der Waals surface area contributed by atoms with Gasteiger partial charge in [0.05, 0.1) is 6.20 Å². The number of benzene rings is 2. The molecule has 0 bridgehead atoms. The van der Waals surface area contributed by atoms with Crippen molar-refractivity contribution in [1.82, 2.24) is 10.2 Å². The molecule has 0 saturated heterocycles. The largest absolute Gasteiger partial charge is 0.158 e. The standard InChI is InChI=1S/C16H11N2/c1-3-7-13(8-4-1)15-11-17-18-12-16(15)14-9-5-2-6-10-14/h1-11H. The molecule has 2 aromatic carbocycles. The summed E-state index contributed by atoms with van der Waals surface area (Å²) in [5, 5.41) is 7.81. The van der Waals surface area contributed by atoms with Gasteiger partial charge in [0, 0.05) is 11.1 Å². The highest BCUT2D eigenvalue weighted by Gasteiger charge is 2.07. The highest BCUT2D eigenvalue weighted by molar-refractivity contribution is 5.81. The molecule has 0 fully saturated rings. The monoisotopic (exact) mass is 231 g/mol. The van der Waals surface area contributed by atoms with Gasteiger partial charge in [0.15, 0.2) is 0 Å². The predicted molar refractivity (Wildman–Crippen MR) is 71.7 cm³/mol. The Bertz CT molecular complexity index is 575. The molecule has 0 amide bonds. The molecule has 18 heavy (non-hydrogen) atoms. The summed E-state index contributed by atoms with van der Waals surface area (Å²) in [6.45, 7) is 0. The van der Waals surface area contributed by atoms with Crippen molar-refractivity contribution < 1.29 is 0 Å². The highest BCUT2D eigenvalue weighted by Crippen LogP contribution is 2.29. The highest BCUT2D eigenvalue weighted by atomic mass is 15.1. The maximum atomic E-state index is 3.94. The van der Waals surface area contributed by atoms with Crippen molar-refractivity contribution in [2.45, 2.75) is 0 Å². The lowest BCUT2D eigenvalue weighted by Crippen LogP contribution is -1.89. The molecule has 85 valence electrons. The molecular weight excluding hydrogens is 220 g/mol. The van der Waals surface area contributed by atoms with E-state index in [4.69, 9.17) is 0 Å². The Morgan fingerprint density at radius 3 is 2.00 bits per heavy atom. The molecule has 0 atom stereocenters. The van der Waals surface area contributed by atoms with Crippen molar-refractivity contribution in [3.8, 4) is 22.3 Å². The first-order valence-electron chi connectivity index (χ1n) is 5.79. The minimum atomic E-state index is 0.983. The van der Waals surface area contributed by atoms with Crippen LogP contribution in [0.15, 0.2) is 66.9 Å². The molecule has 1 heterocycles. The first kappa shape index (κ1) is 10.7. The van der Waals surface area contributed by atoms with Gasteiger partial charge in [0.25, 0.3) is 0 Å². The van der Waals surface area contributed by atoms with Gasteiger partial charge in [0.1, 0.15) is 6.20 Å². The smallest absolute Gasteiger partial charge is 0.122 e. The topological polar surface area (TPSA) is 25.8 Å². The van der Waals surface area contributed by atoms with Gasteiger partial charge in [0.2, 0.25) is 0 Å². The Morgan fingerprint density at radius 1 is 0.722 bits per heavy atom. The third-order valence-electron chi connectivity index (χ3n) is 2.82. The number of aromatic nitrogens is 2. The van der Waals surface area contributed by atoms with Crippen LogP contribution in [0.2, 0.25) is 0 Å². The van der Waals surface area contributed by atoms with E-state index < -0.39 is 0 Å². The number of hydrogen-bond donors (Lipinski definition) is 0. The van der Waals surface area contributed by atoms with Crippen molar-refractivity contribution in [3.05, 3.63) is 73.1 Å². The van der Waals surface area contributed by atoms with E-state index >= 15 is 0 Å². The molecule has 3 rings (SSSR count). The van der Waals surface area contributed by atoms with Crippen LogP contribution in [0.1, 0.15) is 0 Å². The van der Waals surface area contributed by atoms with Gasteiger partial charge in [-0.15, -0.1) is 5.10 Å². The van der Waals surface area contributed by atoms with Gasteiger partial charge in [-0.3, -0.25) is 0 Å². The van der Waals surface area contributed by atoms with Crippen LogP contribution < -0.4 is 0 Å². The molecule has 2 heteroatoms. The van der Waals surface area contributed by atoms with Crippen LogP contribution in [0, 0.1) is 6.20 Å². The predicted octanol–water partition coefficient (Wildman–Crippen LogP) is 3.61. The lowest BCUT2D eigenvalue weighted by molar-refractivity contribution is 1.03. The summed E-state index contributed by atoms with van der Waals surface area (Å²) in [4.78, 5) is 0. The Labute approximate surface area is 106 Å². The Balaban J connectivity index is 2.18. The second-order valence-corrected chi connectivity index (χ2v) is 3.98. The summed E-state index contributed by atoms with van der Waals surface area (Å²) in [5.41, 5.74) is 4.27. The first-order chi connectivity index (χ1) is 8.95. The second kappa shape index (κ2) is 4.80. The molecule has 0 aliphatic rings. The van der Waals surface area contributed by atoms with Crippen LogP contribution >= 0.6 is 0 Å². The molecule has 0 aliphatic carbocycles. The van der Waals surface area contributed by atoms with Crippen LogP contribution in [0.5, 0.6) is 0 Å². The molecule has 1 aromatic heterocycles. The van der Waals surface area contributed by atoms with Gasteiger partial charge in [-0.25, -0.2) is 0 Å². The molecule has 0 aliphatic heterocycles. The average Bonchev–Trinajstić information content (AvgIpc) is 2.49. The minimum absolute atomic E-state index is 0.983. The quantitative estimate of drug-likeness (QED) is 0.673. The number of rotatable bonds is 2. The van der Waals surface area contributed by atoms with Crippen molar-refractivity contribution in [1.29, 1.82) is 0 Å². The van der Waals surface area contributed by atoms with Gasteiger partial charge < -0.3 is 0 Å². The summed E-state index contributed by atoms with van der Waals surface area (Å²) in [5.74, 6) is 0. The van der Waals surface area contributed by atoms with E-state index in [2.05, 4.69) is 40.7 Å². The van der Waals surface area contributed by atoms with Gasteiger partial charge in [-0.2, -0.15) is 5.10 Å². The van der Waals surface area contributed by atoms with E-state index in [1.54, 1.807) is 6.20 Å². The Morgan fingerprint density at radius 2 is 1.33 bits per heavy atom. The fourth-order valence-electron chi connectivity index (χ4n) is 1.95. The van der Waals surface area contributed by atoms with Crippen molar-refractivity contribution in [2.75, 3.05) is 0 Å². The molecule has 0 spiro atoms. The van der Waals surface area contributed by atoms with Gasteiger partial charge in [-0.1, -0.05) is 60.7 Å². The summed E-state index contributed by atoms with van der Waals surface area (Å²) in [7, 11) is 0. The minimum Gasteiger partial charge on any atom is -0.158 e. The molecule has 0 N–H and O–H groups in total. The van der Waals surface area contributed by atoms with E-state index in [1.165, 1.54) is 0 Å². The molecule has 1 radical (unpaired) electrons. The maximum absolute atomic E-state index is 3.94. The molecule has 3 aromatic rings. The second-order valence-electron chi connectivity index (χ2n) is 3.98. The zero-order valence-electron chi connectivity index (χ0n) is 9.75. The van der Waals surface area contributed by atoms with Crippen LogP contribution in [0.3, 0.4) is 0 Å². The third-order valence-corrected chi connectivity index (χ3v) is 2.82. The number of nitrogens with zero attached hydrogens (tertiary/aromatic N) is 2. The van der Waals surface area contributed by atoms with E-state index in [-0.39, 0.29) is 0 Å². The summed E-state index contributed by atoms with van der Waals surface area (Å²) in [6.07, 6.45) is 4.78. The van der Waals surface area contributed by atoms with Crippen LogP contribution in [0.25, 0.3) is 22.3 Å². The molecule has 0 unspecified atom stereocenters. The maximum Gasteiger partial charge on any atom is 0.122 e. The Kier molecular flexibility index (Phi) is 2.84. The van der Waals surface area contributed by atoms with Crippen LogP contribution in [-0.4, -0.2) is 10.2 Å². The molecule has 2 nitrogen and oxygen atoms in total. The zero-order chi connectivity index (χ0) is 12.2. The van der Waals surface area contributed by atoms with Crippen LogP contribution in [-0.2, 0) is 0 Å². The fraction of sp³-hybridized carbons (Fsp3) is 0. The van der Waals surface area contributed by atoms with Gasteiger partial charge >= 0.3 is 0 Å². The van der Waals surface area contributed by atoms with Gasteiger partial charge in [-0.05, 0) is 11.1 Å². The Hall–Kier alpha value is -2.48. The van der Waals surface area contributed by atoms with Crippen molar-refractivity contribution >= 4 is 0 Å². The summed E-state index contributed by atoms with van der Waals surface area (Å²) < 4.78 is 0. The normalized spacial score (nSPS) is 10.2. The lowest BCUT2D eigenvalue weighted by Gasteiger charge is -2.07. The van der Waals surface area contributed by atoms with Crippen LogP contribution in [0.4, 0.5) is 0 Å². The third kappa shape index (κ3) is 2.00. The summed E-state index contributed by atoms with van der Waals surface area (Å²) in [6, 6.07) is 20.3. The zero-order valence-corrected chi connectivity index (χ0v) is 9.75. The lowest BCUT2D eigenvalue weighted by atomic mass is 9.98. The van der Waals surface area contributed by atoms with E-state index in [0.29, 0.717) is 0 Å². The fourth-order valence-corrected chi connectivity index (χ4v) is 1.95. The van der Waals surface area contributed by atoms with E-state index in [9.17, 15) is 0 Å². The summed E-state index contributed by atoms with van der Waals surface area (Å²) >= 11 is 0.